The molecule has 0 bridgehead atoms. The number of carbonyl (C=O) groups excluding carboxylic acids is 2. The number of ether oxygens (including phenoxy) is 3. The Kier molecular flexibility index (Phi) is 6.77. The molecule has 2 aliphatic rings. The minimum absolute atomic E-state index is 0.0224. The molecule has 4 rings (SSSR count). The molecular formula is C24H24Cl2N2O5S. The van der Waals surface area contributed by atoms with Crippen LogP contribution in [0.2, 0.25) is 0 Å². The van der Waals surface area contributed by atoms with Gasteiger partial charge in [-0.15, -0.1) is 11.8 Å². The van der Waals surface area contributed by atoms with Crippen LogP contribution in [0.5, 0.6) is 11.5 Å². The van der Waals surface area contributed by atoms with Crippen LogP contribution in [0.4, 0.5) is 0 Å². The number of alkyl halides is 1. The maximum absolute atomic E-state index is 13.3. The van der Waals surface area contributed by atoms with Crippen LogP contribution in [0.15, 0.2) is 53.5 Å². The van der Waals surface area contributed by atoms with Gasteiger partial charge in [0, 0.05) is 4.75 Å². The first kappa shape index (κ1) is 24.7. The summed E-state index contributed by atoms with van der Waals surface area (Å²) in [6.07, 6.45) is 0. The normalized spacial score (nSPS) is 25.4. The van der Waals surface area contributed by atoms with E-state index in [0.717, 1.165) is 5.56 Å². The Hall–Kier alpha value is -2.42. The highest BCUT2D eigenvalue weighted by Gasteiger charge is 2.72. The smallest absolute Gasteiger partial charge is 0.330 e. The number of rotatable bonds is 7. The number of fused-ring (bicyclic) bond motifs is 1. The van der Waals surface area contributed by atoms with Crippen LogP contribution in [-0.4, -0.2) is 57.3 Å². The maximum Gasteiger partial charge on any atom is 0.330 e. The van der Waals surface area contributed by atoms with Gasteiger partial charge in [-0.05, 0) is 31.5 Å². The molecule has 0 spiro atoms. The number of esters is 1. The van der Waals surface area contributed by atoms with Gasteiger partial charge >= 0.3 is 5.97 Å². The van der Waals surface area contributed by atoms with E-state index in [-0.39, 0.29) is 11.8 Å². The number of thioether (sulfide) groups is 1. The fraction of sp³-hybridized carbons (Fsp3) is 0.375. The van der Waals surface area contributed by atoms with Crippen LogP contribution < -0.4 is 9.47 Å². The largest absolute Gasteiger partial charge is 0.496 e. The molecule has 0 N–H and O–H groups in total. The molecule has 0 unspecified atom stereocenters. The van der Waals surface area contributed by atoms with Crippen molar-refractivity contribution in [3.63, 3.8) is 0 Å². The minimum atomic E-state index is -1.67. The highest BCUT2D eigenvalue weighted by molar-refractivity contribution is 8.01. The molecule has 2 aliphatic heterocycles. The molecule has 0 aromatic heterocycles. The lowest BCUT2D eigenvalue weighted by atomic mass is 9.95. The zero-order chi connectivity index (χ0) is 24.7. The van der Waals surface area contributed by atoms with Crippen molar-refractivity contribution in [2.75, 3.05) is 14.2 Å². The third-order valence-electron chi connectivity index (χ3n) is 5.81. The fourth-order valence-electron chi connectivity index (χ4n) is 4.15. The number of hydrogen-bond acceptors (Lipinski definition) is 7. The van der Waals surface area contributed by atoms with Crippen LogP contribution >= 0.6 is 35.0 Å². The van der Waals surface area contributed by atoms with Gasteiger partial charge in [0.05, 0.1) is 19.8 Å². The quantitative estimate of drug-likeness (QED) is 0.176. The Morgan fingerprint density at radius 1 is 1.09 bits per heavy atom. The number of carbonyl (C=O) groups is 2. The fourth-order valence-corrected chi connectivity index (χ4v) is 6.49. The summed E-state index contributed by atoms with van der Waals surface area (Å²) in [4.78, 5) is 30.5. The first-order valence-corrected chi connectivity index (χ1v) is 12.1. The number of nitrogens with zero attached hydrogens (tertiary/aromatic N) is 2. The van der Waals surface area contributed by atoms with Crippen molar-refractivity contribution in [3.05, 3.63) is 59.7 Å². The second-order valence-corrected chi connectivity index (χ2v) is 11.1. The van der Waals surface area contributed by atoms with E-state index in [0.29, 0.717) is 17.1 Å². The average Bonchev–Trinajstić information content (AvgIpc) is 3.11. The number of methoxy groups -OCH3 is 2. The molecule has 10 heteroatoms. The van der Waals surface area contributed by atoms with Gasteiger partial charge in [0.2, 0.25) is 5.00 Å². The zero-order valence-electron chi connectivity index (χ0n) is 19.1. The predicted molar refractivity (Wildman–Crippen MR) is 133 cm³/mol. The lowest BCUT2D eigenvalue weighted by Gasteiger charge is -2.47. The second-order valence-electron chi connectivity index (χ2n) is 8.40. The van der Waals surface area contributed by atoms with Crippen LogP contribution in [0.25, 0.3) is 0 Å². The standard InChI is InChI=1S/C24H24Cl2N2O5S/c1-23(2)18(20(29)33-13-14-9-6-5-7-10-14)28-21(30)24(26,22(28)34-23)27-19(25)17-15(31-3)11-8-12-16(17)32-4/h5-12,18,22H,13H2,1-4H3/t18-,22+,24+/m0/s1. The van der Waals surface area contributed by atoms with Crippen LogP contribution in [0, 0.1) is 0 Å². The lowest BCUT2D eigenvalue weighted by Crippen LogP contribution is -2.70. The Bertz CT molecular complexity index is 1120. The van der Waals surface area contributed by atoms with Crippen LogP contribution in [0.1, 0.15) is 25.0 Å². The average molecular weight is 523 g/mol. The maximum atomic E-state index is 13.3. The number of amides is 1. The summed E-state index contributed by atoms with van der Waals surface area (Å²) in [7, 11) is 2.99. The van der Waals surface area contributed by atoms with E-state index in [4.69, 9.17) is 37.4 Å². The summed E-state index contributed by atoms with van der Waals surface area (Å²) < 4.78 is 15.7. The Balaban J connectivity index is 1.59. The molecule has 2 aromatic carbocycles. The number of aliphatic imine (C=N–C) groups is 1. The molecule has 2 fully saturated rings. The number of hydrogen-bond donors (Lipinski definition) is 0. The van der Waals surface area contributed by atoms with Gasteiger partial charge < -0.3 is 19.1 Å². The van der Waals surface area contributed by atoms with E-state index in [1.807, 2.05) is 44.2 Å². The van der Waals surface area contributed by atoms with E-state index >= 15 is 0 Å². The number of β-lactam (4-membered cyclic amide) rings is 1. The summed E-state index contributed by atoms with van der Waals surface area (Å²) in [6.45, 7) is 3.88. The van der Waals surface area contributed by atoms with Gasteiger partial charge in [-0.25, -0.2) is 9.79 Å². The molecule has 2 saturated heterocycles. The topological polar surface area (TPSA) is 77.4 Å². The molecule has 7 nitrogen and oxygen atoms in total. The van der Waals surface area contributed by atoms with E-state index in [1.54, 1.807) is 18.2 Å². The van der Waals surface area contributed by atoms with Gasteiger partial charge in [-0.2, -0.15) is 0 Å². The summed E-state index contributed by atoms with van der Waals surface area (Å²) in [5, 5.41) is -0.619. The van der Waals surface area contributed by atoms with Crippen LogP contribution in [-0.2, 0) is 20.9 Å². The molecule has 180 valence electrons. The van der Waals surface area contributed by atoms with Gasteiger partial charge in [0.25, 0.3) is 5.91 Å². The third-order valence-corrected chi connectivity index (χ3v) is 8.29. The van der Waals surface area contributed by atoms with Crippen molar-refractivity contribution < 1.29 is 23.8 Å². The third kappa shape index (κ3) is 4.12. The van der Waals surface area contributed by atoms with Crippen LogP contribution in [0.3, 0.4) is 0 Å². The van der Waals surface area contributed by atoms with E-state index in [9.17, 15) is 9.59 Å². The SMILES string of the molecule is COc1cccc(OC)c1C(Cl)=N[C@]1(Cl)C(=O)N2[C@@H](C(=O)OCc3ccccc3)C(C)(C)S[C@@H]21. The molecule has 0 radical (unpaired) electrons. The van der Waals surface area contributed by atoms with Gasteiger partial charge in [-0.1, -0.05) is 59.6 Å². The van der Waals surface area contributed by atoms with E-state index < -0.39 is 33.0 Å². The van der Waals surface area contributed by atoms with Crippen molar-refractivity contribution in [2.45, 2.75) is 41.6 Å². The minimum Gasteiger partial charge on any atom is -0.496 e. The Labute approximate surface area is 212 Å². The van der Waals surface area contributed by atoms with E-state index in [2.05, 4.69) is 4.99 Å². The zero-order valence-corrected chi connectivity index (χ0v) is 21.4. The Morgan fingerprint density at radius 2 is 1.71 bits per heavy atom. The molecule has 0 aliphatic carbocycles. The van der Waals surface area contributed by atoms with Crippen molar-refractivity contribution >= 4 is 52.0 Å². The second kappa shape index (κ2) is 9.32. The molecular weight excluding hydrogens is 499 g/mol. The number of benzene rings is 2. The predicted octanol–water partition coefficient (Wildman–Crippen LogP) is 4.43. The first-order chi connectivity index (χ1) is 16.1. The van der Waals surface area contributed by atoms with Crippen molar-refractivity contribution in [1.29, 1.82) is 0 Å². The summed E-state index contributed by atoms with van der Waals surface area (Å²) in [5.74, 6) is -0.138. The molecule has 2 aromatic rings. The number of halogens is 2. The highest BCUT2D eigenvalue weighted by atomic mass is 35.5. The first-order valence-electron chi connectivity index (χ1n) is 10.5. The van der Waals surface area contributed by atoms with Crippen molar-refractivity contribution in [1.82, 2.24) is 4.90 Å². The molecule has 34 heavy (non-hydrogen) atoms. The summed E-state index contributed by atoms with van der Waals surface area (Å²) in [6, 6.07) is 13.7. The molecule has 1 amide bonds. The monoisotopic (exact) mass is 522 g/mol. The van der Waals surface area contributed by atoms with E-state index in [1.165, 1.54) is 30.9 Å². The summed E-state index contributed by atoms with van der Waals surface area (Å²) in [5.41, 5.74) is 1.25. The molecule has 0 saturated carbocycles. The van der Waals surface area contributed by atoms with Crippen molar-refractivity contribution in [2.24, 2.45) is 4.99 Å². The lowest BCUT2D eigenvalue weighted by molar-refractivity contribution is -0.165. The van der Waals surface area contributed by atoms with Gasteiger partial charge in [-0.3, -0.25) is 4.79 Å². The Morgan fingerprint density at radius 3 is 2.29 bits per heavy atom. The highest BCUT2D eigenvalue weighted by Crippen LogP contribution is 2.58. The molecule has 3 atom stereocenters. The van der Waals surface area contributed by atoms with Gasteiger partial charge in [0.1, 0.15) is 34.7 Å². The van der Waals surface area contributed by atoms with Crippen molar-refractivity contribution in [3.8, 4) is 11.5 Å². The summed E-state index contributed by atoms with van der Waals surface area (Å²) >= 11 is 14.7. The molecule has 2 heterocycles. The van der Waals surface area contributed by atoms with Gasteiger partial charge in [0.15, 0.2) is 0 Å².